The monoisotopic (exact) mass is 457 g/mol. The van der Waals surface area contributed by atoms with Gasteiger partial charge in [0.1, 0.15) is 6.54 Å². The Morgan fingerprint density at radius 1 is 0.971 bits per heavy atom. The van der Waals surface area contributed by atoms with Gasteiger partial charge in [0.15, 0.2) is 0 Å². The van der Waals surface area contributed by atoms with Gasteiger partial charge in [-0.25, -0.2) is 0 Å². The van der Waals surface area contributed by atoms with Crippen molar-refractivity contribution in [2.24, 2.45) is 0 Å². The first-order valence-electron chi connectivity index (χ1n) is 11.2. The minimum atomic E-state index is -0.955. The van der Waals surface area contributed by atoms with Crippen LogP contribution in [0.3, 0.4) is 0 Å². The van der Waals surface area contributed by atoms with E-state index >= 15 is 0 Å². The van der Waals surface area contributed by atoms with Crippen molar-refractivity contribution in [2.45, 2.75) is 32.4 Å². The zero-order chi connectivity index (χ0) is 24.2. The predicted octanol–water partition coefficient (Wildman–Crippen LogP) is 4.72. The summed E-state index contributed by atoms with van der Waals surface area (Å²) in [6, 6.07) is 23.7. The van der Waals surface area contributed by atoms with E-state index in [0.29, 0.717) is 17.7 Å². The SMILES string of the molecule is CC(=O)N(c1ccccc1)[C@@H]1C[C@H](C)N(C(=O)c2ccc(NCC(=O)O)cc2)c2ccccc21. The maximum absolute atomic E-state index is 13.6. The second-order valence-corrected chi connectivity index (χ2v) is 8.38. The van der Waals surface area contributed by atoms with Gasteiger partial charge >= 0.3 is 5.97 Å². The van der Waals surface area contributed by atoms with E-state index in [4.69, 9.17) is 5.11 Å². The number of benzene rings is 3. The minimum absolute atomic E-state index is 0.0533. The highest BCUT2D eigenvalue weighted by Crippen LogP contribution is 2.42. The highest BCUT2D eigenvalue weighted by molar-refractivity contribution is 6.07. The first kappa shape index (κ1) is 23.0. The summed E-state index contributed by atoms with van der Waals surface area (Å²) in [4.78, 5) is 40.6. The number of hydrogen-bond donors (Lipinski definition) is 2. The van der Waals surface area contributed by atoms with E-state index in [2.05, 4.69) is 5.32 Å². The van der Waals surface area contributed by atoms with Gasteiger partial charge in [-0.3, -0.25) is 14.4 Å². The van der Waals surface area contributed by atoms with Crippen LogP contribution in [0.25, 0.3) is 0 Å². The number of aliphatic carboxylic acids is 1. The number of rotatable bonds is 6. The molecule has 1 aliphatic rings. The first-order valence-corrected chi connectivity index (χ1v) is 11.2. The zero-order valence-electron chi connectivity index (χ0n) is 19.1. The molecule has 0 unspecified atom stereocenters. The number of nitrogens with zero attached hydrogens (tertiary/aromatic N) is 2. The van der Waals surface area contributed by atoms with Crippen LogP contribution in [-0.4, -0.2) is 35.5 Å². The molecule has 0 radical (unpaired) electrons. The topological polar surface area (TPSA) is 90.0 Å². The Morgan fingerprint density at radius 3 is 2.26 bits per heavy atom. The average Bonchev–Trinajstić information content (AvgIpc) is 2.83. The van der Waals surface area contributed by atoms with Gasteiger partial charge in [0.2, 0.25) is 5.91 Å². The summed E-state index contributed by atoms with van der Waals surface area (Å²) in [6.07, 6.45) is 0.593. The molecule has 7 heteroatoms. The lowest BCUT2D eigenvalue weighted by molar-refractivity contribution is -0.135. The van der Waals surface area contributed by atoms with Gasteiger partial charge in [-0.15, -0.1) is 0 Å². The van der Waals surface area contributed by atoms with Gasteiger partial charge < -0.3 is 20.2 Å². The number of fused-ring (bicyclic) bond motifs is 1. The van der Waals surface area contributed by atoms with Crippen molar-refractivity contribution < 1.29 is 19.5 Å². The van der Waals surface area contributed by atoms with Crippen molar-refractivity contribution in [1.29, 1.82) is 0 Å². The highest BCUT2D eigenvalue weighted by atomic mass is 16.4. The second-order valence-electron chi connectivity index (χ2n) is 8.38. The highest BCUT2D eigenvalue weighted by Gasteiger charge is 2.38. The number of para-hydroxylation sites is 2. The van der Waals surface area contributed by atoms with E-state index in [1.54, 1.807) is 41.0 Å². The van der Waals surface area contributed by atoms with Crippen LogP contribution >= 0.6 is 0 Å². The van der Waals surface area contributed by atoms with E-state index in [0.717, 1.165) is 16.9 Å². The van der Waals surface area contributed by atoms with Crippen molar-refractivity contribution >= 4 is 34.8 Å². The van der Waals surface area contributed by atoms with Crippen molar-refractivity contribution in [3.63, 3.8) is 0 Å². The average molecular weight is 458 g/mol. The van der Waals surface area contributed by atoms with E-state index < -0.39 is 5.97 Å². The quantitative estimate of drug-likeness (QED) is 0.559. The van der Waals surface area contributed by atoms with Gasteiger partial charge in [0.25, 0.3) is 5.91 Å². The Hall–Kier alpha value is -4.13. The van der Waals surface area contributed by atoms with Crippen LogP contribution in [-0.2, 0) is 9.59 Å². The van der Waals surface area contributed by atoms with Crippen LogP contribution in [0.1, 0.15) is 42.2 Å². The van der Waals surface area contributed by atoms with E-state index in [1.807, 2.05) is 61.5 Å². The standard InChI is InChI=1S/C27H27N3O4/c1-18-16-25(30(19(2)31)22-8-4-3-5-9-22)23-10-6-7-11-24(23)29(18)27(34)20-12-14-21(15-13-20)28-17-26(32)33/h3-15,18,25,28H,16-17H2,1-2H3,(H,32,33)/t18-,25+/m0/s1. The molecule has 3 aromatic carbocycles. The van der Waals surface area contributed by atoms with Crippen molar-refractivity contribution in [3.8, 4) is 0 Å². The van der Waals surface area contributed by atoms with Crippen molar-refractivity contribution in [3.05, 3.63) is 90.0 Å². The molecule has 174 valence electrons. The maximum atomic E-state index is 13.6. The Labute approximate surface area is 198 Å². The molecule has 2 atom stereocenters. The van der Waals surface area contributed by atoms with Crippen molar-refractivity contribution in [2.75, 3.05) is 21.7 Å². The third kappa shape index (κ3) is 4.64. The van der Waals surface area contributed by atoms with Gasteiger partial charge in [0, 0.05) is 35.6 Å². The van der Waals surface area contributed by atoms with Crippen LogP contribution in [0.4, 0.5) is 17.1 Å². The molecule has 0 bridgehead atoms. The fourth-order valence-corrected chi connectivity index (χ4v) is 4.55. The molecule has 2 N–H and O–H groups in total. The first-order chi connectivity index (χ1) is 16.4. The van der Waals surface area contributed by atoms with Crippen LogP contribution < -0.4 is 15.1 Å². The number of carbonyl (C=O) groups excluding carboxylic acids is 2. The lowest BCUT2D eigenvalue weighted by Gasteiger charge is -2.43. The molecule has 4 rings (SSSR count). The van der Waals surface area contributed by atoms with Gasteiger partial charge in [-0.2, -0.15) is 0 Å². The van der Waals surface area contributed by atoms with E-state index in [9.17, 15) is 14.4 Å². The second kappa shape index (κ2) is 9.79. The van der Waals surface area contributed by atoms with Gasteiger partial charge in [0.05, 0.1) is 6.04 Å². The van der Waals surface area contributed by atoms with Crippen LogP contribution in [0.5, 0.6) is 0 Å². The Bertz CT molecular complexity index is 1190. The van der Waals surface area contributed by atoms with E-state index in [1.165, 1.54) is 0 Å². The Morgan fingerprint density at radius 2 is 1.62 bits per heavy atom. The fourth-order valence-electron chi connectivity index (χ4n) is 4.55. The molecule has 34 heavy (non-hydrogen) atoms. The molecule has 0 spiro atoms. The molecule has 2 amide bonds. The summed E-state index contributed by atoms with van der Waals surface area (Å²) in [7, 11) is 0. The summed E-state index contributed by atoms with van der Waals surface area (Å²) in [6.45, 7) is 3.37. The third-order valence-electron chi connectivity index (χ3n) is 6.04. The predicted molar refractivity (Wildman–Crippen MR) is 132 cm³/mol. The molecule has 7 nitrogen and oxygen atoms in total. The van der Waals surface area contributed by atoms with Crippen LogP contribution in [0, 0.1) is 0 Å². The molecule has 0 fully saturated rings. The molecule has 0 aliphatic carbocycles. The molecule has 3 aromatic rings. The molecule has 1 heterocycles. The third-order valence-corrected chi connectivity index (χ3v) is 6.04. The summed E-state index contributed by atoms with van der Waals surface area (Å²) in [5, 5.41) is 11.6. The van der Waals surface area contributed by atoms with Crippen LogP contribution in [0.15, 0.2) is 78.9 Å². The lowest BCUT2D eigenvalue weighted by Crippen LogP contribution is -2.47. The Kier molecular flexibility index (Phi) is 6.63. The number of amides is 2. The lowest BCUT2D eigenvalue weighted by atomic mass is 9.89. The Balaban J connectivity index is 1.67. The molecule has 1 aliphatic heterocycles. The number of anilines is 3. The molecule has 0 saturated carbocycles. The van der Waals surface area contributed by atoms with Gasteiger partial charge in [-0.05, 0) is 61.4 Å². The number of carbonyl (C=O) groups is 3. The fraction of sp³-hybridized carbons (Fsp3) is 0.222. The summed E-state index contributed by atoms with van der Waals surface area (Å²) < 4.78 is 0. The number of nitrogens with one attached hydrogen (secondary N) is 1. The molecular formula is C27H27N3O4. The summed E-state index contributed by atoms with van der Waals surface area (Å²) in [5.74, 6) is -1.15. The number of carboxylic acids is 1. The van der Waals surface area contributed by atoms with E-state index in [-0.39, 0.29) is 30.4 Å². The molecule has 0 aromatic heterocycles. The molecular weight excluding hydrogens is 430 g/mol. The number of hydrogen-bond acceptors (Lipinski definition) is 4. The van der Waals surface area contributed by atoms with Crippen molar-refractivity contribution in [1.82, 2.24) is 0 Å². The minimum Gasteiger partial charge on any atom is -0.480 e. The summed E-state index contributed by atoms with van der Waals surface area (Å²) in [5.41, 5.74) is 3.67. The van der Waals surface area contributed by atoms with Crippen LogP contribution in [0.2, 0.25) is 0 Å². The summed E-state index contributed by atoms with van der Waals surface area (Å²) >= 11 is 0. The largest absolute Gasteiger partial charge is 0.480 e. The normalized spacial score (nSPS) is 16.9. The maximum Gasteiger partial charge on any atom is 0.322 e. The zero-order valence-corrected chi connectivity index (χ0v) is 19.1. The smallest absolute Gasteiger partial charge is 0.322 e. The number of carboxylic acid groups (broad SMARTS) is 1. The van der Waals surface area contributed by atoms with Gasteiger partial charge in [-0.1, -0.05) is 36.4 Å². The molecule has 0 saturated heterocycles.